The molecule has 0 amide bonds. The molecule has 1 aliphatic rings. The summed E-state index contributed by atoms with van der Waals surface area (Å²) in [6.07, 6.45) is 2.41. The third kappa shape index (κ3) is 3.51. The van der Waals surface area contributed by atoms with Gasteiger partial charge in [0, 0.05) is 18.2 Å². The van der Waals surface area contributed by atoms with E-state index in [4.69, 9.17) is 4.52 Å². The molecule has 0 saturated carbocycles. The fourth-order valence-electron chi connectivity index (χ4n) is 2.82. The molecule has 1 fully saturated rings. The van der Waals surface area contributed by atoms with Gasteiger partial charge in [0.15, 0.2) is 0 Å². The van der Waals surface area contributed by atoms with Crippen LogP contribution in [0.3, 0.4) is 0 Å². The number of benzene rings is 1. The van der Waals surface area contributed by atoms with Gasteiger partial charge in [0.1, 0.15) is 5.82 Å². The maximum Gasteiger partial charge on any atom is 0.241 e. The Morgan fingerprint density at radius 2 is 2.09 bits per heavy atom. The summed E-state index contributed by atoms with van der Waals surface area (Å²) in [5.74, 6) is 0.852. The topological polar surface area (TPSA) is 45.4 Å². The molecule has 0 N–H and O–H groups in total. The summed E-state index contributed by atoms with van der Waals surface area (Å²) in [4.78, 5) is 9.03. The van der Waals surface area contributed by atoms with Crippen LogP contribution in [0.1, 0.15) is 18.7 Å². The lowest BCUT2D eigenvalue weighted by atomic mass is 10.1. The second-order valence-electron chi connectivity index (χ2n) is 6.01. The lowest BCUT2D eigenvalue weighted by Gasteiger charge is -2.35. The van der Waals surface area contributed by atoms with Crippen LogP contribution in [-0.4, -0.2) is 53.2 Å². The Morgan fingerprint density at radius 1 is 1.32 bits per heavy atom. The molecule has 1 saturated heterocycles. The normalized spacial score (nSPS) is 19.7. The number of piperidine rings is 1. The lowest BCUT2D eigenvalue weighted by molar-refractivity contribution is 0.117. The number of likely N-dealkylation sites (tertiary alicyclic amines) is 1. The second-order valence-corrected chi connectivity index (χ2v) is 6.01. The molecule has 2 heterocycles. The molecular weight excluding hydrogens is 283 g/mol. The molecule has 22 heavy (non-hydrogen) atoms. The summed E-state index contributed by atoms with van der Waals surface area (Å²) >= 11 is 0. The van der Waals surface area contributed by atoms with E-state index >= 15 is 0 Å². The zero-order valence-corrected chi connectivity index (χ0v) is 13.0. The minimum absolute atomic E-state index is 0.268. The Morgan fingerprint density at radius 3 is 2.82 bits per heavy atom. The van der Waals surface area contributed by atoms with Crippen LogP contribution in [0.5, 0.6) is 0 Å². The van der Waals surface area contributed by atoms with Crippen molar-refractivity contribution >= 4 is 0 Å². The van der Waals surface area contributed by atoms with Crippen molar-refractivity contribution in [3.63, 3.8) is 0 Å². The van der Waals surface area contributed by atoms with E-state index in [2.05, 4.69) is 34.0 Å². The summed E-state index contributed by atoms with van der Waals surface area (Å²) < 4.78 is 18.3. The van der Waals surface area contributed by atoms with Gasteiger partial charge in [0.2, 0.25) is 11.7 Å². The number of aromatic nitrogens is 2. The van der Waals surface area contributed by atoms with Crippen LogP contribution in [0, 0.1) is 5.82 Å². The van der Waals surface area contributed by atoms with Gasteiger partial charge in [0.05, 0.1) is 6.54 Å². The van der Waals surface area contributed by atoms with Crippen molar-refractivity contribution in [1.82, 2.24) is 19.9 Å². The van der Waals surface area contributed by atoms with Gasteiger partial charge in [-0.15, -0.1) is 0 Å². The van der Waals surface area contributed by atoms with E-state index in [1.807, 2.05) is 0 Å². The van der Waals surface area contributed by atoms with Crippen LogP contribution in [0.25, 0.3) is 11.4 Å². The van der Waals surface area contributed by atoms with Gasteiger partial charge >= 0.3 is 0 Å². The van der Waals surface area contributed by atoms with Gasteiger partial charge in [-0.05, 0) is 57.7 Å². The van der Waals surface area contributed by atoms with Crippen molar-refractivity contribution in [2.24, 2.45) is 0 Å². The van der Waals surface area contributed by atoms with Crippen LogP contribution in [-0.2, 0) is 6.54 Å². The zero-order chi connectivity index (χ0) is 15.5. The molecule has 118 valence electrons. The first kappa shape index (κ1) is 15.1. The third-order valence-electron chi connectivity index (χ3n) is 4.14. The first-order chi connectivity index (χ1) is 10.6. The maximum atomic E-state index is 12.9. The molecule has 1 aromatic heterocycles. The summed E-state index contributed by atoms with van der Waals surface area (Å²) in [5, 5.41) is 3.99. The van der Waals surface area contributed by atoms with Gasteiger partial charge in [-0.3, -0.25) is 4.90 Å². The number of hydrogen-bond donors (Lipinski definition) is 0. The van der Waals surface area contributed by atoms with Gasteiger partial charge in [-0.1, -0.05) is 5.16 Å². The van der Waals surface area contributed by atoms with E-state index in [0.29, 0.717) is 24.3 Å². The Bertz CT molecular complexity index is 611. The molecule has 2 aromatic rings. The highest BCUT2D eigenvalue weighted by atomic mass is 19.1. The van der Waals surface area contributed by atoms with Gasteiger partial charge in [-0.25, -0.2) is 4.39 Å². The maximum absolute atomic E-state index is 12.9. The van der Waals surface area contributed by atoms with Crippen molar-refractivity contribution in [3.05, 3.63) is 36.0 Å². The molecule has 0 aliphatic carbocycles. The molecule has 6 heteroatoms. The van der Waals surface area contributed by atoms with Crippen LogP contribution in [0.2, 0.25) is 0 Å². The third-order valence-corrected chi connectivity index (χ3v) is 4.14. The van der Waals surface area contributed by atoms with Crippen LogP contribution in [0.4, 0.5) is 4.39 Å². The van der Waals surface area contributed by atoms with Gasteiger partial charge in [0.25, 0.3) is 0 Å². The highest BCUT2D eigenvalue weighted by Crippen LogP contribution is 2.19. The highest BCUT2D eigenvalue weighted by Gasteiger charge is 2.23. The van der Waals surface area contributed by atoms with E-state index in [-0.39, 0.29) is 5.82 Å². The molecule has 1 atom stereocenters. The second kappa shape index (κ2) is 6.54. The van der Waals surface area contributed by atoms with Crippen LogP contribution < -0.4 is 0 Å². The smallest absolute Gasteiger partial charge is 0.241 e. The summed E-state index contributed by atoms with van der Waals surface area (Å²) in [6, 6.07) is 6.70. The van der Waals surface area contributed by atoms with Crippen molar-refractivity contribution in [1.29, 1.82) is 0 Å². The SMILES string of the molecule is CN(C)C1CCCN(Cc2nc(-c3ccc(F)cc3)no2)C1. The van der Waals surface area contributed by atoms with E-state index in [1.165, 1.54) is 25.0 Å². The van der Waals surface area contributed by atoms with Gasteiger partial charge in [-0.2, -0.15) is 4.98 Å². The average Bonchev–Trinajstić information content (AvgIpc) is 2.96. The van der Waals surface area contributed by atoms with Crippen molar-refractivity contribution in [2.75, 3.05) is 27.2 Å². The predicted molar refractivity (Wildman–Crippen MR) is 81.7 cm³/mol. The molecule has 0 spiro atoms. The molecule has 5 nitrogen and oxygen atoms in total. The first-order valence-electron chi connectivity index (χ1n) is 7.59. The van der Waals surface area contributed by atoms with Crippen LogP contribution >= 0.6 is 0 Å². The quantitative estimate of drug-likeness (QED) is 0.868. The minimum atomic E-state index is -0.268. The Labute approximate surface area is 129 Å². The molecule has 1 unspecified atom stereocenters. The van der Waals surface area contributed by atoms with E-state index in [1.54, 1.807) is 12.1 Å². The molecule has 0 bridgehead atoms. The number of likely N-dealkylation sites (N-methyl/N-ethyl adjacent to an activating group) is 1. The van der Waals surface area contributed by atoms with Gasteiger partial charge < -0.3 is 9.42 Å². The number of nitrogens with zero attached hydrogens (tertiary/aromatic N) is 4. The molecule has 1 aliphatic heterocycles. The molecule has 1 aromatic carbocycles. The monoisotopic (exact) mass is 304 g/mol. The average molecular weight is 304 g/mol. The summed E-state index contributed by atoms with van der Waals surface area (Å²) in [7, 11) is 4.24. The highest BCUT2D eigenvalue weighted by molar-refractivity contribution is 5.53. The fraction of sp³-hybridized carbons (Fsp3) is 0.500. The number of hydrogen-bond acceptors (Lipinski definition) is 5. The zero-order valence-electron chi connectivity index (χ0n) is 13.0. The summed E-state index contributed by atoms with van der Waals surface area (Å²) in [5.41, 5.74) is 0.765. The Hall–Kier alpha value is -1.79. The standard InChI is InChI=1S/C16H21FN4O/c1-20(2)14-4-3-9-21(10-14)11-15-18-16(19-22-15)12-5-7-13(17)8-6-12/h5-8,14H,3-4,9-11H2,1-2H3. The summed E-state index contributed by atoms with van der Waals surface area (Å²) in [6.45, 7) is 2.73. The Balaban J connectivity index is 1.65. The predicted octanol–water partition coefficient (Wildman–Crippen LogP) is 2.40. The number of halogens is 1. The van der Waals surface area contributed by atoms with E-state index < -0.39 is 0 Å². The van der Waals surface area contributed by atoms with Crippen molar-refractivity contribution < 1.29 is 8.91 Å². The lowest BCUT2D eigenvalue weighted by Crippen LogP contribution is -2.44. The number of rotatable bonds is 4. The largest absolute Gasteiger partial charge is 0.338 e. The Kier molecular flexibility index (Phi) is 4.49. The van der Waals surface area contributed by atoms with Crippen molar-refractivity contribution in [3.8, 4) is 11.4 Å². The first-order valence-corrected chi connectivity index (χ1v) is 7.59. The molecule has 3 rings (SSSR count). The molecule has 0 radical (unpaired) electrons. The molecular formula is C16H21FN4O. The van der Waals surface area contributed by atoms with Crippen LogP contribution in [0.15, 0.2) is 28.8 Å². The fourth-order valence-corrected chi connectivity index (χ4v) is 2.82. The van der Waals surface area contributed by atoms with Crippen molar-refractivity contribution in [2.45, 2.75) is 25.4 Å². The van der Waals surface area contributed by atoms with E-state index in [9.17, 15) is 4.39 Å². The minimum Gasteiger partial charge on any atom is -0.338 e. The van der Waals surface area contributed by atoms with E-state index in [0.717, 1.165) is 18.7 Å².